The number of hydrogen-bond acceptors (Lipinski definition) is 4. The lowest BCUT2D eigenvalue weighted by molar-refractivity contribution is 0.471. The summed E-state index contributed by atoms with van der Waals surface area (Å²) in [7, 11) is 0. The molecule has 0 saturated heterocycles. The summed E-state index contributed by atoms with van der Waals surface area (Å²) in [5.41, 5.74) is 4.95. The summed E-state index contributed by atoms with van der Waals surface area (Å²) in [6, 6.07) is 17.1. The molecule has 1 unspecified atom stereocenters. The molecule has 0 aliphatic carbocycles. The van der Waals surface area contributed by atoms with E-state index in [1.165, 1.54) is 5.56 Å². The Bertz CT molecular complexity index is 1250. The van der Waals surface area contributed by atoms with Gasteiger partial charge in [0.2, 0.25) is 5.89 Å². The molecule has 0 amide bonds. The third-order valence-electron chi connectivity index (χ3n) is 5.10. The number of rotatable bonds is 5. The molecule has 0 radical (unpaired) electrons. The number of aromatic hydroxyl groups is 1. The van der Waals surface area contributed by atoms with Gasteiger partial charge in [0.15, 0.2) is 5.58 Å². The van der Waals surface area contributed by atoms with Gasteiger partial charge in [-0.2, -0.15) is 0 Å². The topological polar surface area (TPSA) is 58.6 Å². The maximum atomic E-state index is 10.2. The van der Waals surface area contributed by atoms with Gasteiger partial charge in [-0.25, -0.2) is 4.98 Å². The van der Waals surface area contributed by atoms with Crippen LogP contribution in [-0.4, -0.2) is 16.3 Å². The van der Waals surface area contributed by atoms with Crippen molar-refractivity contribution in [2.75, 3.05) is 0 Å². The Balaban J connectivity index is 1.65. The largest absolute Gasteiger partial charge is 0.506 e. The molecule has 1 heterocycles. The van der Waals surface area contributed by atoms with Crippen molar-refractivity contribution >= 4 is 50.5 Å². The normalized spacial score (nSPS) is 12.7. The van der Waals surface area contributed by atoms with Gasteiger partial charge in [0.1, 0.15) is 11.3 Å². The molecular weight excluding hydrogens is 464 g/mol. The maximum absolute atomic E-state index is 10.2. The van der Waals surface area contributed by atoms with E-state index in [4.69, 9.17) is 16.0 Å². The minimum atomic E-state index is 0.0929. The number of aliphatic imine (C=N–C) groups is 1. The number of fused-ring (bicyclic) bond motifs is 1. The zero-order valence-electron chi connectivity index (χ0n) is 16.6. The number of halogens is 2. The molecular formula is C24H20BrClN2O2. The molecule has 4 rings (SSSR count). The van der Waals surface area contributed by atoms with E-state index < -0.39 is 0 Å². The molecule has 0 saturated carbocycles. The molecule has 0 bridgehead atoms. The standard InChI is InChI=1S/C24H20BrClN2O2/c1-3-14(2)15-7-8-22-21(11-15)28-24(30-22)16-5-4-6-19(10-16)27-13-17-9-18(26)12-20(25)23(17)29/h4-14,29H,3H2,1-2H3. The zero-order chi connectivity index (χ0) is 21.3. The highest BCUT2D eigenvalue weighted by atomic mass is 79.9. The Hall–Kier alpha value is -2.63. The molecule has 0 spiro atoms. The third kappa shape index (κ3) is 4.27. The highest BCUT2D eigenvalue weighted by molar-refractivity contribution is 9.10. The summed E-state index contributed by atoms with van der Waals surface area (Å²) in [6.45, 7) is 4.39. The Kier molecular flexibility index (Phi) is 5.93. The van der Waals surface area contributed by atoms with Gasteiger partial charge in [-0.05, 0) is 76.3 Å². The van der Waals surface area contributed by atoms with Crippen LogP contribution in [0.15, 0.2) is 68.5 Å². The predicted molar refractivity (Wildman–Crippen MR) is 126 cm³/mol. The van der Waals surface area contributed by atoms with E-state index in [1.54, 1.807) is 18.3 Å². The highest BCUT2D eigenvalue weighted by Crippen LogP contribution is 2.32. The third-order valence-corrected chi connectivity index (χ3v) is 5.92. The summed E-state index contributed by atoms with van der Waals surface area (Å²) < 4.78 is 6.49. The smallest absolute Gasteiger partial charge is 0.227 e. The van der Waals surface area contributed by atoms with Gasteiger partial charge in [-0.3, -0.25) is 4.99 Å². The minimum Gasteiger partial charge on any atom is -0.506 e. The van der Waals surface area contributed by atoms with Crippen LogP contribution in [0.1, 0.15) is 37.3 Å². The van der Waals surface area contributed by atoms with Crippen LogP contribution in [0.25, 0.3) is 22.6 Å². The second-order valence-electron chi connectivity index (χ2n) is 7.19. The summed E-state index contributed by atoms with van der Waals surface area (Å²) in [5, 5.41) is 10.7. The van der Waals surface area contributed by atoms with Crippen LogP contribution in [0.2, 0.25) is 5.02 Å². The van der Waals surface area contributed by atoms with E-state index in [0.29, 0.717) is 32.6 Å². The van der Waals surface area contributed by atoms with Crippen LogP contribution >= 0.6 is 27.5 Å². The van der Waals surface area contributed by atoms with E-state index in [0.717, 1.165) is 23.1 Å². The molecule has 1 atom stereocenters. The molecule has 152 valence electrons. The van der Waals surface area contributed by atoms with Gasteiger partial charge >= 0.3 is 0 Å². The molecule has 3 aromatic carbocycles. The molecule has 30 heavy (non-hydrogen) atoms. The van der Waals surface area contributed by atoms with Gasteiger partial charge in [-0.1, -0.05) is 37.6 Å². The average molecular weight is 484 g/mol. The first-order valence-electron chi connectivity index (χ1n) is 9.67. The maximum Gasteiger partial charge on any atom is 0.227 e. The molecule has 4 aromatic rings. The lowest BCUT2D eigenvalue weighted by atomic mass is 9.98. The second-order valence-corrected chi connectivity index (χ2v) is 8.48. The Labute approximate surface area is 188 Å². The molecule has 0 aliphatic heterocycles. The van der Waals surface area contributed by atoms with Crippen LogP contribution in [0.4, 0.5) is 5.69 Å². The van der Waals surface area contributed by atoms with Crippen LogP contribution < -0.4 is 0 Å². The number of phenolic OH excluding ortho intramolecular Hbond substituents is 1. The van der Waals surface area contributed by atoms with E-state index in [2.05, 4.69) is 51.9 Å². The van der Waals surface area contributed by atoms with Crippen molar-refractivity contribution in [2.45, 2.75) is 26.2 Å². The first kappa shape index (κ1) is 20.6. The van der Waals surface area contributed by atoms with Crippen LogP contribution in [0, 0.1) is 0 Å². The van der Waals surface area contributed by atoms with Crippen molar-refractivity contribution in [3.63, 3.8) is 0 Å². The van der Waals surface area contributed by atoms with Gasteiger partial charge in [0.25, 0.3) is 0 Å². The molecule has 0 aliphatic rings. The fourth-order valence-corrected chi connectivity index (χ4v) is 3.99. The fourth-order valence-electron chi connectivity index (χ4n) is 3.16. The van der Waals surface area contributed by atoms with Crippen molar-refractivity contribution < 1.29 is 9.52 Å². The lowest BCUT2D eigenvalue weighted by Gasteiger charge is -2.07. The fraction of sp³-hybridized carbons (Fsp3) is 0.167. The SMILES string of the molecule is CCC(C)c1ccc2oc(-c3cccc(N=Cc4cc(Cl)cc(Br)c4O)c3)nc2c1. The Morgan fingerprint density at radius 3 is 2.83 bits per heavy atom. The van der Waals surface area contributed by atoms with Crippen LogP contribution in [0.3, 0.4) is 0 Å². The van der Waals surface area contributed by atoms with Gasteiger partial charge in [-0.15, -0.1) is 0 Å². The molecule has 1 N–H and O–H groups in total. The second kappa shape index (κ2) is 8.62. The predicted octanol–water partition coefficient (Wildman–Crippen LogP) is 7.88. The zero-order valence-corrected chi connectivity index (χ0v) is 18.9. The van der Waals surface area contributed by atoms with E-state index >= 15 is 0 Å². The van der Waals surface area contributed by atoms with E-state index in [-0.39, 0.29) is 5.75 Å². The lowest BCUT2D eigenvalue weighted by Crippen LogP contribution is -1.90. The van der Waals surface area contributed by atoms with Crippen LogP contribution in [-0.2, 0) is 0 Å². The van der Waals surface area contributed by atoms with E-state index in [9.17, 15) is 5.11 Å². The summed E-state index contributed by atoms with van der Waals surface area (Å²) in [6.07, 6.45) is 2.66. The Morgan fingerprint density at radius 1 is 1.20 bits per heavy atom. The summed E-state index contributed by atoms with van der Waals surface area (Å²) in [5.74, 6) is 1.13. The first-order chi connectivity index (χ1) is 14.4. The van der Waals surface area contributed by atoms with Crippen molar-refractivity contribution in [2.24, 2.45) is 4.99 Å². The number of aromatic nitrogens is 1. The average Bonchev–Trinajstić information content (AvgIpc) is 3.18. The summed E-state index contributed by atoms with van der Waals surface area (Å²) >= 11 is 9.35. The number of phenols is 1. The minimum absolute atomic E-state index is 0.0929. The number of nitrogens with zero attached hydrogens (tertiary/aromatic N) is 2. The van der Waals surface area contributed by atoms with Crippen molar-refractivity contribution in [3.8, 4) is 17.2 Å². The van der Waals surface area contributed by atoms with Gasteiger partial charge in [0, 0.05) is 22.4 Å². The monoisotopic (exact) mass is 482 g/mol. The van der Waals surface area contributed by atoms with Gasteiger partial charge < -0.3 is 9.52 Å². The van der Waals surface area contributed by atoms with E-state index in [1.807, 2.05) is 30.3 Å². The Morgan fingerprint density at radius 2 is 2.03 bits per heavy atom. The molecule has 1 aromatic heterocycles. The first-order valence-corrected chi connectivity index (χ1v) is 10.8. The van der Waals surface area contributed by atoms with Crippen LogP contribution in [0.5, 0.6) is 5.75 Å². The number of oxazole rings is 1. The molecule has 0 fully saturated rings. The van der Waals surface area contributed by atoms with Crippen molar-refractivity contribution in [1.82, 2.24) is 4.98 Å². The quantitative estimate of drug-likeness (QED) is 0.294. The number of benzene rings is 3. The molecule has 4 nitrogen and oxygen atoms in total. The van der Waals surface area contributed by atoms with Gasteiger partial charge in [0.05, 0.1) is 10.2 Å². The number of hydrogen-bond donors (Lipinski definition) is 1. The van der Waals surface area contributed by atoms with Crippen molar-refractivity contribution in [3.05, 3.63) is 75.2 Å². The summed E-state index contributed by atoms with van der Waals surface area (Å²) in [4.78, 5) is 9.15. The highest BCUT2D eigenvalue weighted by Gasteiger charge is 2.11. The molecule has 6 heteroatoms. The van der Waals surface area contributed by atoms with Crippen molar-refractivity contribution in [1.29, 1.82) is 0 Å².